The van der Waals surface area contributed by atoms with Gasteiger partial charge in [-0.1, -0.05) is 37.3 Å². The van der Waals surface area contributed by atoms with Gasteiger partial charge in [0, 0.05) is 25.2 Å². The summed E-state index contributed by atoms with van der Waals surface area (Å²) in [5.74, 6) is 0.611. The van der Waals surface area contributed by atoms with E-state index < -0.39 is 0 Å². The zero-order valence-corrected chi connectivity index (χ0v) is 10.3. The predicted octanol–water partition coefficient (Wildman–Crippen LogP) is 2.24. The van der Waals surface area contributed by atoms with Crippen molar-refractivity contribution in [3.05, 3.63) is 35.9 Å². The molecule has 0 amide bonds. The Hall–Kier alpha value is -0.860. The van der Waals surface area contributed by atoms with Crippen molar-refractivity contribution in [2.24, 2.45) is 11.7 Å². The number of nitrogens with two attached hydrogens (primary N) is 1. The summed E-state index contributed by atoms with van der Waals surface area (Å²) in [6.07, 6.45) is 1.12. The van der Waals surface area contributed by atoms with E-state index in [0.29, 0.717) is 18.0 Å². The van der Waals surface area contributed by atoms with Crippen LogP contribution < -0.4 is 5.73 Å². The van der Waals surface area contributed by atoms with Gasteiger partial charge in [-0.15, -0.1) is 0 Å². The smallest absolute Gasteiger partial charge is 0.0236 e. The van der Waals surface area contributed by atoms with Crippen molar-refractivity contribution in [3.8, 4) is 0 Å². The van der Waals surface area contributed by atoms with Crippen molar-refractivity contribution in [1.29, 1.82) is 0 Å². The highest BCUT2D eigenvalue weighted by Crippen LogP contribution is 2.22. The van der Waals surface area contributed by atoms with E-state index in [4.69, 9.17) is 5.73 Å². The lowest BCUT2D eigenvalue weighted by Gasteiger charge is -2.40. The third-order valence-corrected chi connectivity index (χ3v) is 3.72. The zero-order valence-electron chi connectivity index (χ0n) is 10.3. The summed E-state index contributed by atoms with van der Waals surface area (Å²) in [5, 5.41) is 0. The summed E-state index contributed by atoms with van der Waals surface area (Å²) >= 11 is 0. The number of piperidine rings is 1. The number of nitrogens with zero attached hydrogens (tertiary/aromatic N) is 1. The fourth-order valence-corrected chi connectivity index (χ4v) is 2.50. The van der Waals surface area contributed by atoms with Crippen molar-refractivity contribution in [1.82, 2.24) is 4.90 Å². The van der Waals surface area contributed by atoms with Crippen LogP contribution in [0, 0.1) is 5.92 Å². The standard InChI is InChI=1S/C14H22N2/c1-11-9-16(12(2)8-14(11)15)10-13-6-4-3-5-7-13/h3-7,11-12,14H,8-10,15H2,1-2H3/t11-,12+,14+/m1/s1. The Bertz CT molecular complexity index is 323. The maximum absolute atomic E-state index is 6.10. The van der Waals surface area contributed by atoms with Crippen molar-refractivity contribution in [3.63, 3.8) is 0 Å². The lowest BCUT2D eigenvalue weighted by Crippen LogP contribution is -2.50. The summed E-state index contributed by atoms with van der Waals surface area (Å²) in [6.45, 7) is 6.72. The third kappa shape index (κ3) is 2.63. The minimum Gasteiger partial charge on any atom is -0.327 e. The monoisotopic (exact) mass is 218 g/mol. The molecule has 2 nitrogen and oxygen atoms in total. The van der Waals surface area contributed by atoms with Crippen LogP contribution in [0.5, 0.6) is 0 Å². The fourth-order valence-electron chi connectivity index (χ4n) is 2.50. The first-order valence-electron chi connectivity index (χ1n) is 6.20. The molecule has 16 heavy (non-hydrogen) atoms. The molecule has 1 aromatic carbocycles. The largest absolute Gasteiger partial charge is 0.327 e. The van der Waals surface area contributed by atoms with Gasteiger partial charge in [-0.2, -0.15) is 0 Å². The van der Waals surface area contributed by atoms with E-state index in [0.717, 1.165) is 19.5 Å². The topological polar surface area (TPSA) is 29.3 Å². The van der Waals surface area contributed by atoms with Gasteiger partial charge in [0.25, 0.3) is 0 Å². The molecule has 1 saturated heterocycles. The van der Waals surface area contributed by atoms with E-state index in [1.165, 1.54) is 5.56 Å². The van der Waals surface area contributed by atoms with Gasteiger partial charge in [0.2, 0.25) is 0 Å². The highest BCUT2D eigenvalue weighted by Gasteiger charge is 2.28. The van der Waals surface area contributed by atoms with E-state index in [1.807, 2.05) is 0 Å². The Balaban J connectivity index is 2.00. The predicted molar refractivity (Wildman–Crippen MR) is 68.1 cm³/mol. The second-order valence-corrected chi connectivity index (χ2v) is 5.14. The normalized spacial score (nSPS) is 31.6. The van der Waals surface area contributed by atoms with Crippen LogP contribution in [0.15, 0.2) is 30.3 Å². The minimum absolute atomic E-state index is 0.377. The van der Waals surface area contributed by atoms with Crippen LogP contribution in [0.1, 0.15) is 25.8 Å². The first-order chi connectivity index (χ1) is 7.66. The quantitative estimate of drug-likeness (QED) is 0.825. The molecule has 3 atom stereocenters. The highest BCUT2D eigenvalue weighted by atomic mass is 15.2. The molecule has 2 rings (SSSR count). The fraction of sp³-hybridized carbons (Fsp3) is 0.571. The molecule has 2 N–H and O–H groups in total. The summed E-state index contributed by atoms with van der Waals surface area (Å²) in [5.41, 5.74) is 7.50. The van der Waals surface area contributed by atoms with E-state index >= 15 is 0 Å². The Morgan fingerprint density at radius 2 is 1.94 bits per heavy atom. The Kier molecular flexibility index (Phi) is 3.62. The van der Waals surface area contributed by atoms with E-state index in [9.17, 15) is 0 Å². The lowest BCUT2D eigenvalue weighted by molar-refractivity contribution is 0.102. The van der Waals surface area contributed by atoms with Gasteiger partial charge in [0.15, 0.2) is 0 Å². The lowest BCUT2D eigenvalue weighted by atomic mass is 9.90. The van der Waals surface area contributed by atoms with Gasteiger partial charge < -0.3 is 5.73 Å². The number of likely N-dealkylation sites (tertiary alicyclic amines) is 1. The van der Waals surface area contributed by atoms with Crippen molar-refractivity contribution >= 4 is 0 Å². The molecule has 0 radical (unpaired) electrons. The summed E-state index contributed by atoms with van der Waals surface area (Å²) in [4.78, 5) is 2.54. The summed E-state index contributed by atoms with van der Waals surface area (Å²) in [7, 11) is 0. The van der Waals surface area contributed by atoms with E-state index in [-0.39, 0.29) is 0 Å². The van der Waals surface area contributed by atoms with Gasteiger partial charge >= 0.3 is 0 Å². The second kappa shape index (κ2) is 4.98. The van der Waals surface area contributed by atoms with Crippen molar-refractivity contribution < 1.29 is 0 Å². The zero-order chi connectivity index (χ0) is 11.5. The van der Waals surface area contributed by atoms with Gasteiger partial charge in [-0.3, -0.25) is 4.90 Å². The Morgan fingerprint density at radius 3 is 2.62 bits per heavy atom. The molecule has 1 aliphatic heterocycles. The average molecular weight is 218 g/mol. The molecular formula is C14H22N2. The molecule has 1 heterocycles. The number of benzene rings is 1. The van der Waals surface area contributed by atoms with Crippen molar-refractivity contribution in [2.75, 3.05) is 6.54 Å². The van der Waals surface area contributed by atoms with Gasteiger partial charge in [0.1, 0.15) is 0 Å². The summed E-state index contributed by atoms with van der Waals surface area (Å²) in [6, 6.07) is 11.7. The van der Waals surface area contributed by atoms with Crippen LogP contribution in [-0.4, -0.2) is 23.5 Å². The summed E-state index contributed by atoms with van der Waals surface area (Å²) < 4.78 is 0. The maximum atomic E-state index is 6.10. The molecule has 2 heteroatoms. The van der Waals surface area contributed by atoms with Crippen LogP contribution >= 0.6 is 0 Å². The molecule has 0 unspecified atom stereocenters. The number of rotatable bonds is 2. The SMILES string of the molecule is C[C@@H]1CN(Cc2ccccc2)[C@@H](C)C[C@@H]1N. The average Bonchev–Trinajstić information content (AvgIpc) is 2.27. The van der Waals surface area contributed by atoms with Crippen LogP contribution in [0.25, 0.3) is 0 Å². The first-order valence-corrected chi connectivity index (χ1v) is 6.20. The first kappa shape index (κ1) is 11.6. The highest BCUT2D eigenvalue weighted by molar-refractivity contribution is 5.14. The third-order valence-electron chi connectivity index (χ3n) is 3.72. The van der Waals surface area contributed by atoms with Crippen LogP contribution in [-0.2, 0) is 6.54 Å². The van der Waals surface area contributed by atoms with Gasteiger partial charge in [-0.25, -0.2) is 0 Å². The Labute approximate surface area is 98.4 Å². The maximum Gasteiger partial charge on any atom is 0.0236 e. The second-order valence-electron chi connectivity index (χ2n) is 5.14. The minimum atomic E-state index is 0.377. The molecule has 0 saturated carbocycles. The van der Waals surface area contributed by atoms with Crippen LogP contribution in [0.4, 0.5) is 0 Å². The molecule has 88 valence electrons. The van der Waals surface area contributed by atoms with E-state index in [2.05, 4.69) is 49.1 Å². The number of hydrogen-bond acceptors (Lipinski definition) is 2. The molecule has 1 aromatic rings. The van der Waals surface area contributed by atoms with Crippen LogP contribution in [0.3, 0.4) is 0 Å². The molecule has 0 aromatic heterocycles. The molecule has 0 bridgehead atoms. The van der Waals surface area contributed by atoms with Crippen molar-refractivity contribution in [2.45, 2.75) is 38.9 Å². The molecule has 1 fully saturated rings. The molecule has 0 spiro atoms. The van der Waals surface area contributed by atoms with Gasteiger partial charge in [0.05, 0.1) is 0 Å². The molecular weight excluding hydrogens is 196 g/mol. The van der Waals surface area contributed by atoms with Crippen LogP contribution in [0.2, 0.25) is 0 Å². The Morgan fingerprint density at radius 1 is 1.25 bits per heavy atom. The number of hydrogen-bond donors (Lipinski definition) is 1. The van der Waals surface area contributed by atoms with Gasteiger partial charge in [-0.05, 0) is 24.8 Å². The molecule has 0 aliphatic carbocycles. The molecule has 1 aliphatic rings. The van der Waals surface area contributed by atoms with E-state index in [1.54, 1.807) is 0 Å².